The molecular formula is C23H27O3S+. The van der Waals surface area contributed by atoms with Crippen molar-refractivity contribution in [3.63, 3.8) is 0 Å². The van der Waals surface area contributed by atoms with E-state index in [1.165, 1.54) is 11.3 Å². The van der Waals surface area contributed by atoms with Gasteiger partial charge in [0.15, 0.2) is 17.1 Å². The summed E-state index contributed by atoms with van der Waals surface area (Å²) in [6, 6.07) is 8.44. The molecule has 1 aromatic carbocycles. The molecule has 1 heterocycles. The highest BCUT2D eigenvalue weighted by atomic mass is 32.2. The van der Waals surface area contributed by atoms with Crippen LogP contribution in [-0.2, 0) is 9.53 Å². The summed E-state index contributed by atoms with van der Waals surface area (Å²) in [4.78, 5) is 13.7. The first-order chi connectivity index (χ1) is 13.0. The Bertz CT molecular complexity index is 826. The molecule has 3 nitrogen and oxygen atoms in total. The number of carbonyl (C=O) groups is 1. The predicted octanol–water partition coefficient (Wildman–Crippen LogP) is 5.69. The molecule has 27 heavy (non-hydrogen) atoms. The Morgan fingerprint density at radius 1 is 1.11 bits per heavy atom. The van der Waals surface area contributed by atoms with Gasteiger partial charge in [-0.3, -0.25) is 0 Å². The molecule has 4 heteroatoms. The van der Waals surface area contributed by atoms with Gasteiger partial charge in [0.05, 0.1) is 0 Å². The van der Waals surface area contributed by atoms with Gasteiger partial charge in [0.25, 0.3) is 0 Å². The molecule has 0 amide bonds. The summed E-state index contributed by atoms with van der Waals surface area (Å²) in [6.07, 6.45) is 4.91. The van der Waals surface area contributed by atoms with Crippen LogP contribution in [0.2, 0.25) is 0 Å². The van der Waals surface area contributed by atoms with Gasteiger partial charge in [-0.05, 0) is 69.7 Å². The maximum Gasteiger partial charge on any atom is 0.345 e. The molecular weight excluding hydrogens is 356 g/mol. The highest BCUT2D eigenvalue weighted by Gasteiger charge is 2.34. The number of benzene rings is 1. The van der Waals surface area contributed by atoms with Crippen LogP contribution in [0.1, 0.15) is 50.2 Å². The highest BCUT2D eigenvalue weighted by Crippen LogP contribution is 2.36. The quantitative estimate of drug-likeness (QED) is 0.378. The molecule has 1 saturated carbocycles. The lowest BCUT2D eigenvalue weighted by molar-refractivity contribution is -0.159. The lowest BCUT2D eigenvalue weighted by atomic mass is 9.85. The summed E-state index contributed by atoms with van der Waals surface area (Å²) in [5.41, 5.74) is 1.46. The van der Waals surface area contributed by atoms with Crippen LogP contribution in [0.4, 0.5) is 0 Å². The van der Waals surface area contributed by atoms with Crippen molar-refractivity contribution in [2.75, 3.05) is 6.61 Å². The van der Waals surface area contributed by atoms with Crippen LogP contribution in [0, 0.1) is 25.7 Å². The standard InChI is InChI=1S/C23H27O3S/c1-4-10-23(11-6-5-7-12-23)26-21(24)17-25-22-18(2)15-20(16-19(22)3)27-13-8-9-14-27/h8-9,13-16H,5-7,11-12,17H2,1-3H3/q+1. The average molecular weight is 384 g/mol. The molecule has 3 rings (SSSR count). The SMILES string of the molecule is CC#CC1(OC(=O)COc2c(C)cc(-[s+]3cccc3)cc2C)CCCCC1. The third-order valence-corrected chi connectivity index (χ3v) is 6.61. The monoisotopic (exact) mass is 383 g/mol. The number of esters is 1. The minimum atomic E-state index is -0.621. The van der Waals surface area contributed by atoms with Crippen LogP contribution in [0.3, 0.4) is 0 Å². The summed E-state index contributed by atoms with van der Waals surface area (Å²) in [5, 5.41) is 4.40. The normalized spacial score (nSPS) is 15.5. The number of hydrogen-bond acceptors (Lipinski definition) is 3. The van der Waals surface area contributed by atoms with Crippen molar-refractivity contribution < 1.29 is 14.3 Å². The number of rotatable bonds is 5. The number of ether oxygens (including phenoxy) is 2. The van der Waals surface area contributed by atoms with Crippen molar-refractivity contribution in [3.8, 4) is 22.5 Å². The maximum absolute atomic E-state index is 12.4. The zero-order valence-electron chi connectivity index (χ0n) is 16.3. The molecule has 0 saturated heterocycles. The molecule has 1 aliphatic carbocycles. The van der Waals surface area contributed by atoms with Gasteiger partial charge in [0.1, 0.15) is 16.5 Å². The zero-order chi connectivity index (χ0) is 19.3. The minimum absolute atomic E-state index is 0.0312. The third kappa shape index (κ3) is 4.73. The van der Waals surface area contributed by atoms with Gasteiger partial charge in [-0.1, -0.05) is 12.3 Å². The van der Waals surface area contributed by atoms with E-state index in [2.05, 4.69) is 46.9 Å². The van der Waals surface area contributed by atoms with Crippen molar-refractivity contribution in [1.82, 2.24) is 0 Å². The lowest BCUT2D eigenvalue weighted by Gasteiger charge is -2.32. The fourth-order valence-corrected chi connectivity index (χ4v) is 5.27. The van der Waals surface area contributed by atoms with Crippen LogP contribution in [0.15, 0.2) is 35.0 Å². The summed E-state index contributed by atoms with van der Waals surface area (Å²) in [6.45, 7) is 5.76. The zero-order valence-corrected chi connectivity index (χ0v) is 17.2. The van der Waals surface area contributed by atoms with Crippen molar-refractivity contribution >= 4 is 16.4 Å². The first kappa shape index (κ1) is 19.5. The van der Waals surface area contributed by atoms with Crippen LogP contribution in [0.5, 0.6) is 5.75 Å². The molecule has 0 atom stereocenters. The Morgan fingerprint density at radius 3 is 2.33 bits per heavy atom. The fraction of sp³-hybridized carbons (Fsp3) is 0.435. The van der Waals surface area contributed by atoms with E-state index in [1.807, 2.05) is 13.8 Å². The molecule has 1 aromatic heterocycles. The lowest BCUT2D eigenvalue weighted by Crippen LogP contribution is -2.37. The molecule has 142 valence electrons. The molecule has 1 aliphatic rings. The number of aryl methyl sites for hydroxylation is 2. The number of carbonyl (C=O) groups excluding carboxylic acids is 1. The van der Waals surface area contributed by atoms with E-state index in [0.717, 1.165) is 42.6 Å². The van der Waals surface area contributed by atoms with E-state index in [1.54, 1.807) is 6.92 Å². The van der Waals surface area contributed by atoms with E-state index in [0.29, 0.717) is 0 Å². The van der Waals surface area contributed by atoms with Gasteiger partial charge in [0.2, 0.25) is 0 Å². The van der Waals surface area contributed by atoms with Crippen LogP contribution in [-0.4, -0.2) is 18.2 Å². The largest absolute Gasteiger partial charge is 0.481 e. The van der Waals surface area contributed by atoms with E-state index in [4.69, 9.17) is 9.47 Å². The second kappa shape index (κ2) is 8.63. The second-order valence-corrected chi connectivity index (χ2v) is 8.87. The first-order valence-electron chi connectivity index (χ1n) is 9.50. The molecule has 0 bridgehead atoms. The number of hydrogen-bond donors (Lipinski definition) is 0. The summed E-state index contributed by atoms with van der Waals surface area (Å²) < 4.78 is 11.6. The predicted molar refractivity (Wildman–Crippen MR) is 111 cm³/mol. The van der Waals surface area contributed by atoms with Gasteiger partial charge < -0.3 is 9.47 Å². The Hall–Kier alpha value is -2.25. The van der Waals surface area contributed by atoms with E-state index in [9.17, 15) is 4.79 Å². The molecule has 0 spiro atoms. The van der Waals surface area contributed by atoms with Gasteiger partial charge in [-0.2, -0.15) is 0 Å². The van der Waals surface area contributed by atoms with Crippen molar-refractivity contribution in [3.05, 3.63) is 46.2 Å². The Balaban J connectivity index is 1.67. The first-order valence-corrected chi connectivity index (χ1v) is 10.8. The summed E-state index contributed by atoms with van der Waals surface area (Å²) >= 11 is 0. The summed E-state index contributed by atoms with van der Waals surface area (Å²) in [5.74, 6) is 6.49. The smallest absolute Gasteiger partial charge is 0.345 e. The topological polar surface area (TPSA) is 35.5 Å². The Kier molecular flexibility index (Phi) is 6.23. The van der Waals surface area contributed by atoms with E-state index in [-0.39, 0.29) is 23.0 Å². The maximum atomic E-state index is 12.4. The molecule has 0 N–H and O–H groups in total. The Morgan fingerprint density at radius 2 is 1.74 bits per heavy atom. The molecule has 1 fully saturated rings. The van der Waals surface area contributed by atoms with Crippen molar-refractivity contribution in [2.45, 2.75) is 58.5 Å². The fourth-order valence-electron chi connectivity index (χ4n) is 3.72. The molecule has 0 unspecified atom stereocenters. The highest BCUT2D eigenvalue weighted by molar-refractivity contribution is 7.36. The summed E-state index contributed by atoms with van der Waals surface area (Å²) in [7, 11) is 0.0312. The van der Waals surface area contributed by atoms with Crippen molar-refractivity contribution in [1.29, 1.82) is 0 Å². The van der Waals surface area contributed by atoms with Crippen molar-refractivity contribution in [2.24, 2.45) is 0 Å². The second-order valence-electron chi connectivity index (χ2n) is 7.11. The molecule has 0 radical (unpaired) electrons. The third-order valence-electron chi connectivity index (χ3n) is 4.93. The van der Waals surface area contributed by atoms with Crippen LogP contribution in [0.25, 0.3) is 4.90 Å². The number of thiophene rings is 1. The molecule has 0 aliphatic heterocycles. The van der Waals surface area contributed by atoms with Gasteiger partial charge >= 0.3 is 5.97 Å². The van der Waals surface area contributed by atoms with Gasteiger partial charge in [-0.25, -0.2) is 4.79 Å². The van der Waals surface area contributed by atoms with Gasteiger partial charge in [-0.15, -0.1) is 5.92 Å². The molecule has 2 aromatic rings. The van der Waals surface area contributed by atoms with Crippen LogP contribution >= 0.6 is 10.5 Å². The van der Waals surface area contributed by atoms with Crippen LogP contribution < -0.4 is 4.74 Å². The Labute approximate surface area is 164 Å². The minimum Gasteiger partial charge on any atom is -0.481 e. The van der Waals surface area contributed by atoms with Gasteiger partial charge in [0, 0.05) is 22.6 Å². The average Bonchev–Trinajstić information content (AvgIpc) is 3.16. The van der Waals surface area contributed by atoms with E-state index < -0.39 is 5.60 Å². The van der Waals surface area contributed by atoms with E-state index >= 15 is 0 Å².